The molecular weight excluding hydrogens is 346 g/mol. The lowest BCUT2D eigenvalue weighted by molar-refractivity contribution is -0.116. The van der Waals surface area contributed by atoms with Crippen molar-refractivity contribution in [3.63, 3.8) is 0 Å². The van der Waals surface area contributed by atoms with E-state index in [1.165, 1.54) is 16.9 Å². The number of thiazole rings is 1. The Labute approximate surface area is 155 Å². The highest BCUT2D eigenvalue weighted by Crippen LogP contribution is 2.41. The van der Waals surface area contributed by atoms with Crippen molar-refractivity contribution in [2.24, 2.45) is 0 Å². The maximum absolute atomic E-state index is 11.9. The molecule has 2 heterocycles. The average molecular weight is 365 g/mol. The SMILES string of the molecule is Nc1nc2c(s1)C(c1ccc(OCCc3ccccc3)cc1)CC(=O)N2. The van der Waals surface area contributed by atoms with Crippen LogP contribution in [0.2, 0.25) is 0 Å². The van der Waals surface area contributed by atoms with Crippen molar-refractivity contribution in [1.29, 1.82) is 0 Å². The number of benzene rings is 2. The lowest BCUT2D eigenvalue weighted by atomic mass is 9.91. The van der Waals surface area contributed by atoms with E-state index >= 15 is 0 Å². The minimum atomic E-state index is -0.0315. The summed E-state index contributed by atoms with van der Waals surface area (Å²) >= 11 is 1.43. The summed E-state index contributed by atoms with van der Waals surface area (Å²) < 4.78 is 5.84. The van der Waals surface area contributed by atoms with Crippen molar-refractivity contribution < 1.29 is 9.53 Å². The molecule has 1 aliphatic heterocycles. The Kier molecular flexibility index (Phi) is 4.58. The molecule has 1 amide bonds. The van der Waals surface area contributed by atoms with Gasteiger partial charge in [0.25, 0.3) is 0 Å². The van der Waals surface area contributed by atoms with Gasteiger partial charge in [0, 0.05) is 18.8 Å². The summed E-state index contributed by atoms with van der Waals surface area (Å²) in [6.07, 6.45) is 1.28. The largest absolute Gasteiger partial charge is 0.493 e. The number of amides is 1. The minimum Gasteiger partial charge on any atom is -0.493 e. The number of nitrogens with zero attached hydrogens (tertiary/aromatic N) is 1. The summed E-state index contributed by atoms with van der Waals surface area (Å²) in [7, 11) is 0. The number of rotatable bonds is 5. The van der Waals surface area contributed by atoms with Gasteiger partial charge < -0.3 is 15.8 Å². The molecule has 0 saturated heterocycles. The molecule has 1 aromatic heterocycles. The van der Waals surface area contributed by atoms with Gasteiger partial charge in [0.05, 0.1) is 11.5 Å². The topological polar surface area (TPSA) is 77.2 Å². The van der Waals surface area contributed by atoms with Crippen LogP contribution in [0.5, 0.6) is 5.75 Å². The van der Waals surface area contributed by atoms with Crippen molar-refractivity contribution in [3.05, 3.63) is 70.6 Å². The van der Waals surface area contributed by atoms with Crippen LogP contribution in [-0.2, 0) is 11.2 Å². The first-order valence-electron chi connectivity index (χ1n) is 8.52. The fourth-order valence-electron chi connectivity index (χ4n) is 3.13. The van der Waals surface area contributed by atoms with Gasteiger partial charge in [-0.3, -0.25) is 4.79 Å². The average Bonchev–Trinajstić information content (AvgIpc) is 3.02. The van der Waals surface area contributed by atoms with Gasteiger partial charge in [-0.15, -0.1) is 0 Å². The van der Waals surface area contributed by atoms with E-state index in [1.54, 1.807) is 0 Å². The van der Waals surface area contributed by atoms with Gasteiger partial charge in [-0.1, -0.05) is 53.8 Å². The van der Waals surface area contributed by atoms with E-state index in [0.29, 0.717) is 24.0 Å². The van der Waals surface area contributed by atoms with Crippen molar-refractivity contribution in [3.8, 4) is 5.75 Å². The smallest absolute Gasteiger partial charge is 0.226 e. The number of ether oxygens (including phenoxy) is 1. The molecule has 26 heavy (non-hydrogen) atoms. The molecule has 0 bridgehead atoms. The number of carbonyl (C=O) groups excluding carboxylic acids is 1. The zero-order valence-corrected chi connectivity index (χ0v) is 15.0. The summed E-state index contributed by atoms with van der Waals surface area (Å²) in [6, 6.07) is 18.2. The third kappa shape index (κ3) is 3.55. The Balaban J connectivity index is 1.44. The van der Waals surface area contributed by atoms with Crippen LogP contribution < -0.4 is 15.8 Å². The molecule has 132 valence electrons. The van der Waals surface area contributed by atoms with Crippen LogP contribution in [0.3, 0.4) is 0 Å². The third-order valence-electron chi connectivity index (χ3n) is 4.42. The van der Waals surface area contributed by atoms with Gasteiger partial charge in [-0.25, -0.2) is 4.98 Å². The minimum absolute atomic E-state index is 0.00748. The maximum Gasteiger partial charge on any atom is 0.226 e. The van der Waals surface area contributed by atoms with Gasteiger partial charge in [-0.2, -0.15) is 0 Å². The number of nitrogens with two attached hydrogens (primary N) is 1. The molecule has 3 N–H and O–H groups in total. The highest BCUT2D eigenvalue weighted by molar-refractivity contribution is 7.16. The maximum atomic E-state index is 11.9. The van der Waals surface area contributed by atoms with Crippen LogP contribution in [0.15, 0.2) is 54.6 Å². The van der Waals surface area contributed by atoms with E-state index in [2.05, 4.69) is 22.4 Å². The summed E-state index contributed by atoms with van der Waals surface area (Å²) in [4.78, 5) is 17.2. The first-order valence-corrected chi connectivity index (χ1v) is 9.33. The van der Waals surface area contributed by atoms with Crippen LogP contribution in [0.4, 0.5) is 10.9 Å². The van der Waals surface area contributed by atoms with Gasteiger partial charge in [0.2, 0.25) is 5.91 Å². The first-order chi connectivity index (χ1) is 12.7. The molecule has 0 radical (unpaired) electrons. The van der Waals surface area contributed by atoms with Crippen LogP contribution in [0, 0.1) is 0 Å². The molecule has 3 aromatic rings. The van der Waals surface area contributed by atoms with Gasteiger partial charge in [0.15, 0.2) is 5.13 Å². The van der Waals surface area contributed by atoms with E-state index in [9.17, 15) is 4.79 Å². The van der Waals surface area contributed by atoms with Crippen LogP contribution >= 0.6 is 11.3 Å². The standard InChI is InChI=1S/C20H19N3O2S/c21-20-23-19-18(26-20)16(12-17(24)22-19)14-6-8-15(9-7-14)25-11-10-13-4-2-1-3-5-13/h1-9,16H,10-12H2,(H2,21,23)(H,22,24). The summed E-state index contributed by atoms with van der Waals surface area (Å²) in [5, 5.41) is 3.27. The summed E-state index contributed by atoms with van der Waals surface area (Å²) in [5.74, 6) is 1.38. The number of nitrogens with one attached hydrogen (secondary N) is 1. The number of nitrogen functional groups attached to an aromatic ring is 1. The number of carbonyl (C=O) groups is 1. The first kappa shape index (κ1) is 16.6. The molecule has 0 aliphatic carbocycles. The predicted molar refractivity (Wildman–Crippen MR) is 104 cm³/mol. The lowest BCUT2D eigenvalue weighted by Gasteiger charge is -2.21. The Bertz CT molecular complexity index is 907. The number of fused-ring (bicyclic) bond motifs is 1. The Morgan fingerprint density at radius 2 is 1.92 bits per heavy atom. The van der Waals surface area contributed by atoms with E-state index in [-0.39, 0.29) is 11.8 Å². The molecule has 4 rings (SSSR count). The quantitative estimate of drug-likeness (QED) is 0.720. The molecule has 2 aromatic carbocycles. The fourth-order valence-corrected chi connectivity index (χ4v) is 4.05. The third-order valence-corrected chi connectivity index (χ3v) is 5.42. The predicted octanol–water partition coefficient (Wildman–Crippen LogP) is 3.82. The summed E-state index contributed by atoms with van der Waals surface area (Å²) in [5.41, 5.74) is 8.13. The Hall–Kier alpha value is -2.86. The van der Waals surface area contributed by atoms with E-state index in [1.807, 2.05) is 42.5 Å². The summed E-state index contributed by atoms with van der Waals surface area (Å²) in [6.45, 7) is 0.630. The van der Waals surface area contributed by atoms with Crippen LogP contribution in [0.25, 0.3) is 0 Å². The number of aromatic nitrogens is 1. The molecule has 1 unspecified atom stereocenters. The van der Waals surface area contributed by atoms with Crippen LogP contribution in [-0.4, -0.2) is 17.5 Å². The molecular formula is C20H19N3O2S. The van der Waals surface area contributed by atoms with Crippen molar-refractivity contribution >= 4 is 28.2 Å². The highest BCUT2D eigenvalue weighted by Gasteiger charge is 2.29. The monoisotopic (exact) mass is 365 g/mol. The lowest BCUT2D eigenvalue weighted by Crippen LogP contribution is -2.22. The zero-order chi connectivity index (χ0) is 17.9. The van der Waals surface area contributed by atoms with E-state index in [4.69, 9.17) is 10.5 Å². The van der Waals surface area contributed by atoms with Crippen molar-refractivity contribution in [2.75, 3.05) is 17.7 Å². The second-order valence-electron chi connectivity index (χ2n) is 6.22. The molecule has 1 atom stereocenters. The second kappa shape index (κ2) is 7.17. The second-order valence-corrected chi connectivity index (χ2v) is 7.29. The molecule has 0 spiro atoms. The Morgan fingerprint density at radius 3 is 2.69 bits per heavy atom. The van der Waals surface area contributed by atoms with Gasteiger partial charge in [-0.05, 0) is 23.3 Å². The van der Waals surface area contributed by atoms with Crippen molar-refractivity contribution in [1.82, 2.24) is 4.98 Å². The fraction of sp³-hybridized carbons (Fsp3) is 0.200. The molecule has 0 saturated carbocycles. The number of hydrogen-bond donors (Lipinski definition) is 2. The molecule has 5 nitrogen and oxygen atoms in total. The van der Waals surface area contributed by atoms with Gasteiger partial charge >= 0.3 is 0 Å². The highest BCUT2D eigenvalue weighted by atomic mass is 32.1. The number of hydrogen-bond acceptors (Lipinski definition) is 5. The number of anilines is 2. The zero-order valence-electron chi connectivity index (χ0n) is 14.1. The normalized spacial score (nSPS) is 16.0. The molecule has 1 aliphatic rings. The molecule has 0 fully saturated rings. The van der Waals surface area contributed by atoms with E-state index < -0.39 is 0 Å². The van der Waals surface area contributed by atoms with Crippen molar-refractivity contribution in [2.45, 2.75) is 18.8 Å². The van der Waals surface area contributed by atoms with Crippen LogP contribution in [0.1, 0.15) is 28.3 Å². The van der Waals surface area contributed by atoms with E-state index in [0.717, 1.165) is 22.6 Å². The van der Waals surface area contributed by atoms with Gasteiger partial charge in [0.1, 0.15) is 11.6 Å². The Morgan fingerprint density at radius 1 is 1.15 bits per heavy atom. The molecule has 6 heteroatoms.